The lowest BCUT2D eigenvalue weighted by molar-refractivity contribution is 0.591. The lowest BCUT2D eigenvalue weighted by atomic mass is 9.78. The van der Waals surface area contributed by atoms with Gasteiger partial charge in [0.25, 0.3) is 0 Å². The van der Waals surface area contributed by atoms with Gasteiger partial charge in [0.05, 0.1) is 0 Å². The van der Waals surface area contributed by atoms with Crippen molar-refractivity contribution >= 4 is 75.4 Å². The average Bonchev–Trinajstić information content (AvgIpc) is 3.11. The summed E-state index contributed by atoms with van der Waals surface area (Å²) in [5.41, 5.74) is 6.19. The quantitative estimate of drug-likeness (QED) is 0.109. The minimum absolute atomic E-state index is 0.125. The molecule has 0 aromatic heterocycles. The van der Waals surface area contributed by atoms with Gasteiger partial charge in [-0.2, -0.15) is 0 Å². The smallest absolute Gasteiger partial charge is 0.00234 e. The molecule has 0 amide bonds. The van der Waals surface area contributed by atoms with E-state index in [0.29, 0.717) is 0 Å². The van der Waals surface area contributed by atoms with Crippen LogP contribution < -0.4 is 0 Å². The van der Waals surface area contributed by atoms with Crippen LogP contribution in [0.3, 0.4) is 0 Å². The molecule has 0 radical (unpaired) electrons. The van der Waals surface area contributed by atoms with Gasteiger partial charge in [-0.15, -0.1) is 0 Å². The fourth-order valence-corrected chi connectivity index (χ4v) is 8.91. The van der Waals surface area contributed by atoms with E-state index in [0.717, 1.165) is 0 Å². The largest absolute Gasteiger partial charge is 0.0616 e. The van der Waals surface area contributed by atoms with Gasteiger partial charge in [0.2, 0.25) is 0 Å². The number of hydrogen-bond acceptors (Lipinski definition) is 0. The Balaban J connectivity index is 0.000000154. The summed E-state index contributed by atoms with van der Waals surface area (Å²) < 4.78 is 0. The van der Waals surface area contributed by atoms with Crippen LogP contribution in [0.15, 0.2) is 121 Å². The van der Waals surface area contributed by atoms with Gasteiger partial charge in [-0.1, -0.05) is 192 Å². The minimum Gasteiger partial charge on any atom is -0.0616 e. The predicted molar refractivity (Wildman–Crippen MR) is 241 cm³/mol. The SMILES string of the molecule is CC(C)(C)c1ccc2c3ccc(C(C)(C)C)cc3c3ccccc3c2c1.CC(C)(C)c1ccc2c3cccc4c(C(C)(C)C)ccc(c5cccc1c52)c43. The Bertz CT molecular complexity index is 2650. The van der Waals surface area contributed by atoms with Crippen molar-refractivity contribution in [2.45, 2.75) is 105 Å². The summed E-state index contributed by atoms with van der Waals surface area (Å²) >= 11 is 0. The number of benzene rings is 9. The lowest BCUT2D eigenvalue weighted by Gasteiger charge is -2.25. The predicted octanol–water partition coefficient (Wildman–Crippen LogP) is 16.1. The highest BCUT2D eigenvalue weighted by atomic mass is 14.3. The first-order valence-corrected chi connectivity index (χ1v) is 19.9. The highest BCUT2D eigenvalue weighted by molar-refractivity contribution is 6.33. The van der Waals surface area contributed by atoms with Crippen LogP contribution in [0.2, 0.25) is 0 Å². The minimum atomic E-state index is 0.125. The van der Waals surface area contributed by atoms with E-state index in [4.69, 9.17) is 0 Å². The van der Waals surface area contributed by atoms with Crippen LogP contribution in [0.1, 0.15) is 105 Å². The first-order valence-electron chi connectivity index (χ1n) is 19.9. The molecule has 0 aliphatic heterocycles. The Kier molecular flexibility index (Phi) is 8.21. The summed E-state index contributed by atoms with van der Waals surface area (Å²) in [6.45, 7) is 27.6. The second-order valence-electron chi connectivity index (χ2n) is 19.8. The van der Waals surface area contributed by atoms with Crippen molar-refractivity contribution in [3.8, 4) is 0 Å². The second kappa shape index (κ2) is 12.3. The lowest BCUT2D eigenvalue weighted by Crippen LogP contribution is -2.12. The Morgan fingerprint density at radius 3 is 0.889 bits per heavy atom. The van der Waals surface area contributed by atoms with E-state index < -0.39 is 0 Å². The zero-order valence-corrected chi connectivity index (χ0v) is 34.5. The second-order valence-corrected chi connectivity index (χ2v) is 19.8. The summed E-state index contributed by atoms with van der Waals surface area (Å²) in [5, 5.41) is 19.3. The molecule has 0 unspecified atom stereocenters. The van der Waals surface area contributed by atoms with Gasteiger partial charge in [-0.25, -0.2) is 0 Å². The number of hydrogen-bond donors (Lipinski definition) is 0. The highest BCUT2D eigenvalue weighted by Gasteiger charge is 2.23. The third-order valence-corrected chi connectivity index (χ3v) is 11.8. The molecule has 54 heavy (non-hydrogen) atoms. The van der Waals surface area contributed by atoms with Crippen LogP contribution in [0.4, 0.5) is 0 Å². The van der Waals surface area contributed by atoms with E-state index in [-0.39, 0.29) is 21.7 Å². The van der Waals surface area contributed by atoms with E-state index in [9.17, 15) is 0 Å². The molecule has 9 rings (SSSR count). The fourth-order valence-electron chi connectivity index (χ4n) is 8.91. The normalized spacial score (nSPS) is 13.2. The van der Waals surface area contributed by atoms with Gasteiger partial charge in [-0.3, -0.25) is 0 Å². The molecule has 9 aromatic carbocycles. The van der Waals surface area contributed by atoms with Gasteiger partial charge in [0.1, 0.15) is 0 Å². The molecule has 0 heterocycles. The van der Waals surface area contributed by atoms with Crippen molar-refractivity contribution in [3.63, 3.8) is 0 Å². The van der Waals surface area contributed by atoms with E-state index in [1.54, 1.807) is 0 Å². The monoisotopic (exact) mass is 704 g/mol. The Labute approximate surface area is 322 Å². The molecule has 0 spiro atoms. The maximum absolute atomic E-state index is 2.40. The van der Waals surface area contributed by atoms with E-state index in [1.807, 2.05) is 0 Å². The Hall–Kier alpha value is -4.94. The molecule has 272 valence electrons. The molecule has 0 aliphatic carbocycles. The Morgan fingerprint density at radius 1 is 0.241 bits per heavy atom. The summed E-state index contributed by atoms with van der Waals surface area (Å²) in [7, 11) is 0. The van der Waals surface area contributed by atoms with Crippen LogP contribution in [-0.2, 0) is 21.7 Å². The summed E-state index contributed by atoms with van der Waals surface area (Å²) in [6, 6.07) is 46.0. The van der Waals surface area contributed by atoms with Crippen molar-refractivity contribution in [3.05, 3.63) is 144 Å². The average molecular weight is 705 g/mol. The van der Waals surface area contributed by atoms with Gasteiger partial charge >= 0.3 is 0 Å². The molecule has 0 atom stereocenters. The number of fused-ring (bicyclic) bond motifs is 8. The molecule has 0 heteroatoms. The van der Waals surface area contributed by atoms with Crippen molar-refractivity contribution in [1.82, 2.24) is 0 Å². The topological polar surface area (TPSA) is 0 Å². The van der Waals surface area contributed by atoms with Crippen molar-refractivity contribution in [1.29, 1.82) is 0 Å². The van der Waals surface area contributed by atoms with Crippen LogP contribution in [0.5, 0.6) is 0 Å². The Morgan fingerprint density at radius 2 is 0.537 bits per heavy atom. The zero-order chi connectivity index (χ0) is 38.5. The van der Waals surface area contributed by atoms with Crippen LogP contribution in [0, 0.1) is 0 Å². The van der Waals surface area contributed by atoms with Crippen LogP contribution in [-0.4, -0.2) is 0 Å². The third kappa shape index (κ3) is 5.90. The van der Waals surface area contributed by atoms with E-state index in [1.165, 1.54) is 97.7 Å². The molecular formula is C54H56. The van der Waals surface area contributed by atoms with Gasteiger partial charge in [0, 0.05) is 0 Å². The van der Waals surface area contributed by atoms with E-state index in [2.05, 4.69) is 204 Å². The molecule has 0 nitrogen and oxygen atoms in total. The van der Waals surface area contributed by atoms with Crippen LogP contribution >= 0.6 is 0 Å². The summed E-state index contributed by atoms with van der Waals surface area (Å²) in [4.78, 5) is 0. The first-order chi connectivity index (χ1) is 25.3. The number of rotatable bonds is 0. The summed E-state index contributed by atoms with van der Waals surface area (Å²) in [6.07, 6.45) is 0. The molecule has 9 aromatic rings. The van der Waals surface area contributed by atoms with Crippen molar-refractivity contribution < 1.29 is 0 Å². The molecule has 0 saturated heterocycles. The van der Waals surface area contributed by atoms with Gasteiger partial charge < -0.3 is 0 Å². The third-order valence-electron chi connectivity index (χ3n) is 11.8. The maximum atomic E-state index is 2.40. The first kappa shape index (κ1) is 36.1. The molecule has 0 fully saturated rings. The molecular weight excluding hydrogens is 649 g/mol. The molecule has 0 N–H and O–H groups in total. The highest BCUT2D eigenvalue weighted by Crippen LogP contribution is 2.45. The fraction of sp³-hybridized carbons (Fsp3) is 0.296. The van der Waals surface area contributed by atoms with Gasteiger partial charge in [0.15, 0.2) is 0 Å². The van der Waals surface area contributed by atoms with E-state index >= 15 is 0 Å². The van der Waals surface area contributed by atoms with Crippen molar-refractivity contribution in [2.24, 2.45) is 0 Å². The molecule has 0 aliphatic rings. The van der Waals surface area contributed by atoms with Crippen LogP contribution in [0.25, 0.3) is 75.4 Å². The molecule has 0 bridgehead atoms. The van der Waals surface area contributed by atoms with Gasteiger partial charge in [-0.05, 0) is 131 Å². The molecule has 0 saturated carbocycles. The standard InChI is InChI=1S/C28H28.C26H28/c1-27(2,3)23-15-13-19-18-10-8-12-22-24(28(4,5)6)16-14-20(26(18)22)17-9-7-11-21(23)25(17)19;1-25(2,3)17-11-13-21-22-14-12-18(26(4,5)6)16-24(22)20-10-8-7-9-19(20)23(21)15-17/h7-16H,1-6H3;7-16H,1-6H3. The zero-order valence-electron chi connectivity index (χ0n) is 34.5. The maximum Gasteiger partial charge on any atom is -0.00234 e. The summed E-state index contributed by atoms with van der Waals surface area (Å²) in [5.74, 6) is 0. The van der Waals surface area contributed by atoms with Crippen molar-refractivity contribution in [2.75, 3.05) is 0 Å².